The molecule has 0 radical (unpaired) electrons. The van der Waals surface area contributed by atoms with Gasteiger partial charge in [-0.15, -0.1) is 0 Å². The lowest BCUT2D eigenvalue weighted by molar-refractivity contribution is 0.103. The van der Waals surface area contributed by atoms with Crippen molar-refractivity contribution in [2.75, 3.05) is 13.2 Å². The van der Waals surface area contributed by atoms with E-state index in [1.165, 1.54) is 0 Å². The summed E-state index contributed by atoms with van der Waals surface area (Å²) < 4.78 is 11.7. The van der Waals surface area contributed by atoms with Gasteiger partial charge in [0.25, 0.3) is 0 Å². The molecule has 3 rings (SSSR count). The lowest BCUT2D eigenvalue weighted by Crippen LogP contribution is -2.16. The summed E-state index contributed by atoms with van der Waals surface area (Å²) in [7, 11) is 0. The average Bonchev–Trinajstić information content (AvgIpc) is 2.46. The van der Waals surface area contributed by atoms with Gasteiger partial charge in [0.2, 0.25) is 0 Å². The predicted molar refractivity (Wildman–Crippen MR) is 84.8 cm³/mol. The quantitative estimate of drug-likeness (QED) is 0.737. The minimum Gasteiger partial charge on any atom is -0.486 e. The van der Waals surface area contributed by atoms with Crippen LogP contribution in [0.15, 0.2) is 34.8 Å². The third kappa shape index (κ3) is 2.78. The molecule has 0 saturated carbocycles. The molecule has 0 amide bonds. The number of hydrogen-bond donors (Lipinski definition) is 0. The van der Waals surface area contributed by atoms with E-state index in [9.17, 15) is 4.79 Å². The smallest absolute Gasteiger partial charge is 0.195 e. The number of benzene rings is 2. The molecule has 0 fully saturated rings. The highest BCUT2D eigenvalue weighted by molar-refractivity contribution is 9.10. The fourth-order valence-electron chi connectivity index (χ4n) is 2.19. The Balaban J connectivity index is 2.05. The van der Waals surface area contributed by atoms with Crippen molar-refractivity contribution in [3.63, 3.8) is 0 Å². The number of aryl methyl sites for hydroxylation is 1. The van der Waals surface area contributed by atoms with Gasteiger partial charge in [0.15, 0.2) is 17.3 Å². The molecule has 0 aromatic heterocycles. The first-order valence-corrected chi connectivity index (χ1v) is 7.63. The van der Waals surface area contributed by atoms with Gasteiger partial charge in [0.05, 0.1) is 5.02 Å². The van der Waals surface area contributed by atoms with E-state index in [-0.39, 0.29) is 5.78 Å². The molecule has 0 N–H and O–H groups in total. The van der Waals surface area contributed by atoms with Crippen LogP contribution >= 0.6 is 27.5 Å². The fraction of sp³-hybridized carbons (Fsp3) is 0.188. The molecular weight excluding hydrogens is 356 g/mol. The minimum atomic E-state index is -0.149. The minimum absolute atomic E-state index is 0.149. The van der Waals surface area contributed by atoms with E-state index in [4.69, 9.17) is 21.1 Å². The first kappa shape index (κ1) is 14.4. The van der Waals surface area contributed by atoms with E-state index in [2.05, 4.69) is 15.9 Å². The number of carbonyl (C=O) groups excluding carboxylic acids is 1. The zero-order valence-corrected chi connectivity index (χ0v) is 13.6. The standard InChI is InChI=1S/C16H12BrClO3/c1-9-2-3-10(13(18)6-9)16(19)11-7-14-15(8-12(11)17)21-5-4-20-14/h2-3,6-8H,4-5H2,1H3. The largest absolute Gasteiger partial charge is 0.486 e. The molecule has 0 unspecified atom stereocenters. The van der Waals surface area contributed by atoms with Crippen LogP contribution in [0.4, 0.5) is 0 Å². The van der Waals surface area contributed by atoms with Crippen molar-refractivity contribution >= 4 is 33.3 Å². The number of halogens is 2. The molecule has 0 spiro atoms. The summed E-state index contributed by atoms with van der Waals surface area (Å²) in [5.41, 5.74) is 1.99. The highest BCUT2D eigenvalue weighted by atomic mass is 79.9. The van der Waals surface area contributed by atoms with Crippen molar-refractivity contribution in [1.82, 2.24) is 0 Å². The Labute approximate surface area is 136 Å². The molecule has 0 aliphatic carbocycles. The third-order valence-electron chi connectivity index (χ3n) is 3.25. The summed E-state index contributed by atoms with van der Waals surface area (Å²) in [6, 6.07) is 8.83. The topological polar surface area (TPSA) is 35.5 Å². The van der Waals surface area contributed by atoms with Gasteiger partial charge in [0, 0.05) is 15.6 Å². The number of rotatable bonds is 2. The van der Waals surface area contributed by atoms with Gasteiger partial charge in [0.1, 0.15) is 13.2 Å². The Morgan fingerprint density at radius 3 is 2.43 bits per heavy atom. The number of carbonyl (C=O) groups is 1. The second-order valence-electron chi connectivity index (χ2n) is 4.79. The summed E-state index contributed by atoms with van der Waals surface area (Å²) in [5, 5.41) is 0.446. The van der Waals surface area contributed by atoms with Crippen molar-refractivity contribution < 1.29 is 14.3 Å². The van der Waals surface area contributed by atoms with Gasteiger partial charge in [-0.25, -0.2) is 0 Å². The third-order valence-corrected chi connectivity index (χ3v) is 4.21. The Morgan fingerprint density at radius 2 is 1.76 bits per heavy atom. The maximum atomic E-state index is 12.7. The van der Waals surface area contributed by atoms with Gasteiger partial charge in [-0.2, -0.15) is 0 Å². The van der Waals surface area contributed by atoms with Gasteiger partial charge in [-0.1, -0.05) is 17.7 Å². The van der Waals surface area contributed by atoms with Crippen LogP contribution in [0.25, 0.3) is 0 Å². The van der Waals surface area contributed by atoms with Crippen LogP contribution in [0.2, 0.25) is 5.02 Å². The summed E-state index contributed by atoms with van der Waals surface area (Å²) in [6.07, 6.45) is 0. The van der Waals surface area contributed by atoms with Crippen molar-refractivity contribution in [2.24, 2.45) is 0 Å². The summed E-state index contributed by atoms with van der Waals surface area (Å²) in [6.45, 7) is 2.92. The summed E-state index contributed by atoms with van der Waals surface area (Å²) in [4.78, 5) is 12.7. The Bertz CT molecular complexity index is 728. The molecule has 2 aromatic carbocycles. The summed E-state index contributed by atoms with van der Waals surface area (Å²) in [5.74, 6) is 1.07. The molecule has 0 bridgehead atoms. The van der Waals surface area contributed by atoms with Gasteiger partial charge in [-0.3, -0.25) is 4.79 Å². The fourth-order valence-corrected chi connectivity index (χ4v) is 3.01. The highest BCUT2D eigenvalue weighted by Crippen LogP contribution is 2.37. The maximum absolute atomic E-state index is 12.7. The molecule has 1 aliphatic rings. The van der Waals surface area contributed by atoms with Crippen molar-refractivity contribution in [3.05, 3.63) is 56.5 Å². The second kappa shape index (κ2) is 5.70. The van der Waals surface area contributed by atoms with Gasteiger partial charge in [-0.05, 0) is 52.7 Å². The van der Waals surface area contributed by atoms with Crippen LogP contribution in [-0.2, 0) is 0 Å². The zero-order valence-electron chi connectivity index (χ0n) is 11.3. The Hall–Kier alpha value is -1.52. The summed E-state index contributed by atoms with van der Waals surface area (Å²) >= 11 is 9.59. The lowest BCUT2D eigenvalue weighted by Gasteiger charge is -2.19. The van der Waals surface area contributed by atoms with Crippen molar-refractivity contribution in [1.29, 1.82) is 0 Å². The van der Waals surface area contributed by atoms with Gasteiger partial charge < -0.3 is 9.47 Å². The molecular formula is C16H12BrClO3. The van der Waals surface area contributed by atoms with Crippen molar-refractivity contribution in [2.45, 2.75) is 6.92 Å². The van der Waals surface area contributed by atoms with Crippen molar-refractivity contribution in [3.8, 4) is 11.5 Å². The maximum Gasteiger partial charge on any atom is 0.195 e. The van der Waals surface area contributed by atoms with Crippen LogP contribution in [0.3, 0.4) is 0 Å². The van der Waals surface area contributed by atoms with Crippen LogP contribution in [0, 0.1) is 6.92 Å². The molecule has 3 nitrogen and oxygen atoms in total. The molecule has 0 atom stereocenters. The first-order chi connectivity index (χ1) is 10.1. The number of ether oxygens (including phenoxy) is 2. The van der Waals surface area contributed by atoms with Gasteiger partial charge >= 0.3 is 0 Å². The van der Waals surface area contributed by atoms with Crippen LogP contribution in [-0.4, -0.2) is 19.0 Å². The Kier molecular flexibility index (Phi) is 3.91. The molecule has 1 heterocycles. The molecule has 5 heteroatoms. The average molecular weight is 368 g/mol. The number of fused-ring (bicyclic) bond motifs is 1. The SMILES string of the molecule is Cc1ccc(C(=O)c2cc3c(cc2Br)OCCO3)c(Cl)c1. The second-order valence-corrected chi connectivity index (χ2v) is 6.05. The van der Waals surface area contributed by atoms with E-state index in [0.29, 0.717) is 45.3 Å². The van der Waals surface area contributed by atoms with E-state index >= 15 is 0 Å². The van der Waals surface area contributed by atoms with E-state index in [0.717, 1.165) is 5.56 Å². The molecule has 108 valence electrons. The number of ketones is 1. The Morgan fingerprint density at radius 1 is 1.10 bits per heavy atom. The zero-order chi connectivity index (χ0) is 15.0. The molecule has 2 aromatic rings. The first-order valence-electron chi connectivity index (χ1n) is 6.46. The van der Waals surface area contributed by atoms with E-state index < -0.39 is 0 Å². The van der Waals surface area contributed by atoms with E-state index in [1.807, 2.05) is 13.0 Å². The van der Waals surface area contributed by atoms with Crippen LogP contribution in [0.1, 0.15) is 21.5 Å². The van der Waals surface area contributed by atoms with E-state index in [1.54, 1.807) is 24.3 Å². The molecule has 0 saturated heterocycles. The highest BCUT2D eigenvalue weighted by Gasteiger charge is 2.21. The van der Waals surface area contributed by atoms with Crippen LogP contribution < -0.4 is 9.47 Å². The molecule has 1 aliphatic heterocycles. The molecule has 21 heavy (non-hydrogen) atoms. The van der Waals surface area contributed by atoms with Crippen LogP contribution in [0.5, 0.6) is 11.5 Å². The monoisotopic (exact) mass is 366 g/mol. The predicted octanol–water partition coefficient (Wildman–Crippen LogP) is 4.41. The lowest BCUT2D eigenvalue weighted by atomic mass is 10.0. The normalized spacial score (nSPS) is 13.1. The number of hydrogen-bond acceptors (Lipinski definition) is 3.